The van der Waals surface area contributed by atoms with Crippen molar-refractivity contribution in [2.24, 2.45) is 0 Å². The van der Waals surface area contributed by atoms with Crippen molar-refractivity contribution in [2.75, 3.05) is 26.1 Å². The Morgan fingerprint density at radius 1 is 0.905 bits per heavy atom. The summed E-state index contributed by atoms with van der Waals surface area (Å²) in [6, 6.07) is 23.6. The van der Waals surface area contributed by atoms with Crippen molar-refractivity contribution in [1.29, 1.82) is 0 Å². The van der Waals surface area contributed by atoms with E-state index in [-0.39, 0.29) is 10.6 Å². The molecule has 0 bridgehead atoms. The maximum atomic E-state index is 12.9. The third-order valence-electron chi connectivity index (χ3n) is 8.01. The van der Waals surface area contributed by atoms with E-state index in [2.05, 4.69) is 58.5 Å². The number of hydrogen-bond donors (Lipinski definition) is 0. The van der Waals surface area contributed by atoms with Crippen LogP contribution in [0.25, 0.3) is 0 Å². The van der Waals surface area contributed by atoms with Gasteiger partial charge in [-0.15, -0.1) is 16.0 Å². The first-order valence-corrected chi connectivity index (χ1v) is 20.0. The van der Waals surface area contributed by atoms with Gasteiger partial charge in [-0.3, -0.25) is 0 Å². The number of hydrogen-bond acceptors (Lipinski definition) is 4. The van der Waals surface area contributed by atoms with Crippen LogP contribution in [-0.4, -0.2) is 36.7 Å². The Balaban J connectivity index is 0.000000222. The summed E-state index contributed by atoms with van der Waals surface area (Å²) in [6.45, 7) is 0. The molecule has 0 aliphatic heterocycles. The number of rotatable bonds is 8. The van der Waals surface area contributed by atoms with Gasteiger partial charge < -0.3 is 14.4 Å². The van der Waals surface area contributed by atoms with Gasteiger partial charge in [-0.1, -0.05) is 25.0 Å². The first-order valence-electron chi connectivity index (χ1n) is 14.6. The molecule has 5 rings (SSSR count). The number of nitrogens with zero attached hydrogens (tertiary/aromatic N) is 1. The molecule has 2 fully saturated rings. The van der Waals surface area contributed by atoms with Crippen molar-refractivity contribution in [1.82, 2.24) is 0 Å². The predicted molar refractivity (Wildman–Crippen MR) is 174 cm³/mol. The molecule has 2 saturated carbocycles. The molecule has 0 spiro atoms. The quantitative estimate of drug-likeness (QED) is 0.0985. The second-order valence-corrected chi connectivity index (χ2v) is 14.9. The van der Waals surface area contributed by atoms with Gasteiger partial charge in [0, 0.05) is 33.8 Å². The van der Waals surface area contributed by atoms with Gasteiger partial charge in [-0.05, 0) is 75.6 Å². The predicted octanol–water partition coefficient (Wildman–Crippen LogP) is 9.22. The Morgan fingerprint density at radius 3 is 2.05 bits per heavy atom. The Morgan fingerprint density at radius 2 is 1.52 bits per heavy atom. The van der Waals surface area contributed by atoms with E-state index in [9.17, 15) is 8.09 Å². The standard InChI is InChI=1S/C20H32NP.C13H10FO3S.Au.ClH/c1-21(2)19-15-9-10-16-20(19)22(17-11-5-3-6-12-17)18-13-7-4-8-14-18;1-16-12-8-7-11(9-13(12)18(14)15)17-10-5-3-2-4-6-10;;/h9-10,15-18H,3-8,11-14H2,1-2H3;2-3,5-9H,1H3;;1H/q;-1;+1;. The zero-order chi connectivity index (χ0) is 30.3. The number of ether oxygens (including phenoxy) is 2. The number of para-hydroxylation sites is 1. The Labute approximate surface area is 272 Å². The molecule has 0 heterocycles. The Kier molecular flexibility index (Phi) is 15.9. The molecule has 2 aliphatic carbocycles. The molecule has 4 nitrogen and oxygen atoms in total. The number of methoxy groups -OCH3 is 1. The van der Waals surface area contributed by atoms with Crippen molar-refractivity contribution in [2.45, 2.75) is 80.4 Å². The monoisotopic (exact) mass is 815 g/mol. The molecule has 0 radical (unpaired) electrons. The third kappa shape index (κ3) is 10.4. The van der Waals surface area contributed by atoms with E-state index < -0.39 is 19.1 Å². The van der Waals surface area contributed by atoms with Crippen LogP contribution in [-0.2, 0) is 31.2 Å². The van der Waals surface area contributed by atoms with Crippen LogP contribution >= 0.6 is 17.1 Å². The summed E-state index contributed by atoms with van der Waals surface area (Å²) in [5, 5.41) is 1.75. The molecule has 1 atom stereocenters. The summed E-state index contributed by atoms with van der Waals surface area (Å²) >= 11 is -0.871. The van der Waals surface area contributed by atoms with Crippen LogP contribution in [0.15, 0.2) is 71.6 Å². The molecule has 9 heteroatoms. The maximum absolute atomic E-state index is 12.9. The summed E-state index contributed by atoms with van der Waals surface area (Å²) in [5.74, 6) is 1.18. The normalized spacial score (nSPS) is 16.4. The molecule has 3 aromatic rings. The number of anilines is 1. The van der Waals surface area contributed by atoms with E-state index in [0.717, 1.165) is 11.3 Å². The summed E-state index contributed by atoms with van der Waals surface area (Å²) in [4.78, 5) is 2.31. The molecule has 1 unspecified atom stereocenters. The molecular formula is C33H43AuClFNO3PS. The molecule has 0 aromatic heterocycles. The van der Waals surface area contributed by atoms with Crippen LogP contribution in [0.4, 0.5) is 9.57 Å². The first kappa shape index (κ1) is 35.1. The second kappa shape index (κ2) is 19.1. The number of benzene rings is 3. The van der Waals surface area contributed by atoms with E-state index in [4.69, 9.17) is 9.47 Å². The van der Waals surface area contributed by atoms with Crippen LogP contribution in [0.3, 0.4) is 0 Å². The van der Waals surface area contributed by atoms with Gasteiger partial charge in [0.05, 0.1) is 24.1 Å². The van der Waals surface area contributed by atoms with Gasteiger partial charge >= 0.3 is 29.2 Å². The fourth-order valence-electron chi connectivity index (χ4n) is 6.13. The molecule has 0 amide bonds. The van der Waals surface area contributed by atoms with Crippen LogP contribution in [0.2, 0.25) is 0 Å². The topological polar surface area (TPSA) is 38.8 Å². The van der Waals surface area contributed by atoms with Crippen molar-refractivity contribution in [3.8, 4) is 17.2 Å². The van der Waals surface area contributed by atoms with Gasteiger partial charge in [0.1, 0.15) is 21.7 Å². The van der Waals surface area contributed by atoms with Gasteiger partial charge in [-0.25, -0.2) is 4.21 Å². The molecule has 234 valence electrons. The summed E-state index contributed by atoms with van der Waals surface area (Å²) in [7, 11) is 9.98. The van der Waals surface area contributed by atoms with Crippen molar-refractivity contribution in [3.05, 3.63) is 72.8 Å². The fourth-order valence-corrected chi connectivity index (χ4v) is 11.1. The zero-order valence-electron chi connectivity index (χ0n) is 24.7. The Hall–Kier alpha value is -1.40. The van der Waals surface area contributed by atoms with Crippen LogP contribution in [0, 0.1) is 6.07 Å². The SMILES string of the molecule is CN(C)c1ccccc1[PH+](C1CCCCC1)C1CCCCC1.COc1ccc(Oc2c[c-]ccc2)cc1S(=O)F.[Cl][Au]. The van der Waals surface area contributed by atoms with E-state index in [1.54, 1.807) is 55.6 Å². The van der Waals surface area contributed by atoms with E-state index in [1.807, 2.05) is 0 Å². The summed E-state index contributed by atoms with van der Waals surface area (Å²) < 4.78 is 34.3. The van der Waals surface area contributed by atoms with Crippen LogP contribution < -0.4 is 19.7 Å². The molecule has 2 aliphatic rings. The zero-order valence-corrected chi connectivity index (χ0v) is 29.5. The van der Waals surface area contributed by atoms with Gasteiger partial charge in [0.15, 0.2) is 0 Å². The molecule has 42 heavy (non-hydrogen) atoms. The van der Waals surface area contributed by atoms with Crippen molar-refractivity contribution < 1.29 is 37.6 Å². The molecule has 0 saturated heterocycles. The van der Waals surface area contributed by atoms with E-state index in [0.29, 0.717) is 11.5 Å². The van der Waals surface area contributed by atoms with Gasteiger partial charge in [0.2, 0.25) is 11.2 Å². The first-order chi connectivity index (χ1) is 20.5. The van der Waals surface area contributed by atoms with Gasteiger partial charge in [0.25, 0.3) is 0 Å². The molecule has 0 N–H and O–H groups in total. The fraction of sp³-hybridized carbons (Fsp3) is 0.455. The van der Waals surface area contributed by atoms with Crippen molar-refractivity contribution in [3.63, 3.8) is 0 Å². The van der Waals surface area contributed by atoms with Crippen molar-refractivity contribution >= 4 is 39.3 Å². The van der Waals surface area contributed by atoms with Crippen LogP contribution in [0.1, 0.15) is 64.2 Å². The van der Waals surface area contributed by atoms with E-state index in [1.165, 1.54) is 89.1 Å². The second-order valence-electron chi connectivity index (χ2n) is 10.9. The minimum atomic E-state index is -2.62. The summed E-state index contributed by atoms with van der Waals surface area (Å²) in [5.41, 5.74) is 3.57. The van der Waals surface area contributed by atoms with Gasteiger partial charge in [-0.2, -0.15) is 18.2 Å². The summed E-state index contributed by atoms with van der Waals surface area (Å²) in [6.07, 6.45) is 14.9. The average Bonchev–Trinajstić information content (AvgIpc) is 3.04. The average molecular weight is 816 g/mol. The Bertz CT molecular complexity index is 1210. The van der Waals surface area contributed by atoms with E-state index >= 15 is 0 Å². The number of halogens is 2. The molecule has 3 aromatic carbocycles. The third-order valence-corrected chi connectivity index (χ3v) is 12.6. The molecular weight excluding hydrogens is 773 g/mol. The minimum absolute atomic E-state index is 0.0464. The van der Waals surface area contributed by atoms with Crippen LogP contribution in [0.5, 0.6) is 17.2 Å².